The minimum atomic E-state index is 0. The molecule has 1 aliphatic heterocycles. The summed E-state index contributed by atoms with van der Waals surface area (Å²) in [5.74, 6) is 0. The van der Waals surface area contributed by atoms with Gasteiger partial charge >= 0.3 is 0 Å². The van der Waals surface area contributed by atoms with Crippen molar-refractivity contribution < 1.29 is 0 Å². The molecule has 0 bridgehead atoms. The van der Waals surface area contributed by atoms with Crippen molar-refractivity contribution in [3.8, 4) is 0 Å². The van der Waals surface area contributed by atoms with E-state index in [2.05, 4.69) is 71.3 Å². The van der Waals surface area contributed by atoms with Crippen LogP contribution in [0.1, 0.15) is 54.8 Å². The first-order valence-electron chi connectivity index (χ1n) is 10.9. The summed E-state index contributed by atoms with van der Waals surface area (Å²) in [5.41, 5.74) is 4.25. The van der Waals surface area contributed by atoms with Crippen LogP contribution in [0.15, 0.2) is 54.6 Å². The van der Waals surface area contributed by atoms with E-state index in [1.54, 1.807) is 0 Å². The highest BCUT2D eigenvalue weighted by molar-refractivity contribution is 5.85. The van der Waals surface area contributed by atoms with Gasteiger partial charge in [0.2, 0.25) is 0 Å². The second kappa shape index (κ2) is 12.0. The average molecular weight is 435 g/mol. The van der Waals surface area contributed by atoms with Crippen molar-refractivity contribution in [1.29, 1.82) is 0 Å². The van der Waals surface area contributed by atoms with Gasteiger partial charge < -0.3 is 0 Å². The first kappa shape index (κ1) is 24.2. The van der Waals surface area contributed by atoms with Crippen LogP contribution in [-0.4, -0.2) is 42.0 Å². The van der Waals surface area contributed by atoms with Crippen molar-refractivity contribution >= 4 is 24.8 Å². The Balaban J connectivity index is 0.00000150. The molecule has 1 aliphatic carbocycles. The van der Waals surface area contributed by atoms with Gasteiger partial charge in [-0.1, -0.05) is 79.4 Å². The Kier molecular flexibility index (Phi) is 9.98. The molecule has 0 spiro atoms. The molecule has 0 radical (unpaired) electrons. The zero-order valence-corrected chi connectivity index (χ0v) is 19.3. The van der Waals surface area contributed by atoms with Crippen molar-refractivity contribution in [3.63, 3.8) is 0 Å². The summed E-state index contributed by atoms with van der Waals surface area (Å²) in [6.45, 7) is 7.04. The Morgan fingerprint density at radius 2 is 1.41 bits per heavy atom. The van der Waals surface area contributed by atoms with Crippen LogP contribution in [0.2, 0.25) is 0 Å². The maximum atomic E-state index is 2.78. The van der Waals surface area contributed by atoms with Crippen LogP contribution in [0.3, 0.4) is 0 Å². The third-order valence-electron chi connectivity index (χ3n) is 6.61. The Morgan fingerprint density at radius 1 is 0.793 bits per heavy atom. The van der Waals surface area contributed by atoms with E-state index < -0.39 is 0 Å². The topological polar surface area (TPSA) is 6.48 Å². The molecule has 1 saturated carbocycles. The molecule has 2 aromatic rings. The van der Waals surface area contributed by atoms with Gasteiger partial charge in [0.05, 0.1) is 0 Å². The van der Waals surface area contributed by atoms with Crippen molar-refractivity contribution in [2.75, 3.05) is 26.2 Å². The van der Waals surface area contributed by atoms with Crippen LogP contribution in [-0.2, 0) is 6.42 Å². The molecule has 2 fully saturated rings. The molecule has 4 rings (SSSR count). The lowest BCUT2D eigenvalue weighted by Gasteiger charge is -2.43. The summed E-state index contributed by atoms with van der Waals surface area (Å²) in [4.78, 5) is 5.51. The number of aryl methyl sites for hydroxylation is 1. The van der Waals surface area contributed by atoms with Gasteiger partial charge in [0, 0.05) is 38.3 Å². The quantitative estimate of drug-likeness (QED) is 0.562. The first-order valence-corrected chi connectivity index (χ1v) is 10.9. The molecule has 2 aliphatic rings. The van der Waals surface area contributed by atoms with Gasteiger partial charge in [-0.05, 0) is 37.3 Å². The number of rotatable bonds is 5. The second-order valence-electron chi connectivity index (χ2n) is 8.48. The van der Waals surface area contributed by atoms with E-state index in [9.17, 15) is 0 Å². The van der Waals surface area contributed by atoms with E-state index in [-0.39, 0.29) is 24.8 Å². The summed E-state index contributed by atoms with van der Waals surface area (Å²) < 4.78 is 0. The molecule has 0 amide bonds. The highest BCUT2D eigenvalue weighted by Gasteiger charge is 2.29. The van der Waals surface area contributed by atoms with Crippen molar-refractivity contribution in [3.05, 3.63) is 71.3 Å². The van der Waals surface area contributed by atoms with Crippen molar-refractivity contribution in [2.45, 2.75) is 57.5 Å². The highest BCUT2D eigenvalue weighted by Crippen LogP contribution is 2.29. The molecule has 4 heteroatoms. The summed E-state index contributed by atoms with van der Waals surface area (Å²) >= 11 is 0. The smallest absolute Gasteiger partial charge is 0.0389 e. The zero-order valence-electron chi connectivity index (χ0n) is 17.6. The van der Waals surface area contributed by atoms with Crippen LogP contribution in [0.4, 0.5) is 0 Å². The molecule has 29 heavy (non-hydrogen) atoms. The van der Waals surface area contributed by atoms with Gasteiger partial charge in [0.25, 0.3) is 0 Å². The first-order chi connectivity index (χ1) is 13.3. The molecule has 1 unspecified atom stereocenters. The molecular weight excluding hydrogens is 399 g/mol. The number of hydrogen-bond acceptors (Lipinski definition) is 2. The zero-order chi connectivity index (χ0) is 18.5. The predicted molar refractivity (Wildman–Crippen MR) is 129 cm³/mol. The molecule has 1 heterocycles. The van der Waals surface area contributed by atoms with Crippen LogP contribution in [0.25, 0.3) is 0 Å². The highest BCUT2D eigenvalue weighted by atomic mass is 35.5. The Hall–Kier alpha value is -1.06. The maximum Gasteiger partial charge on any atom is 0.0389 e. The van der Waals surface area contributed by atoms with Gasteiger partial charge in [-0.15, -0.1) is 24.8 Å². The number of piperazine rings is 1. The molecule has 0 aromatic heterocycles. The van der Waals surface area contributed by atoms with E-state index in [0.717, 1.165) is 12.5 Å². The van der Waals surface area contributed by atoms with Crippen LogP contribution in [0, 0.1) is 6.92 Å². The summed E-state index contributed by atoms with van der Waals surface area (Å²) in [7, 11) is 0. The molecule has 2 aromatic carbocycles. The van der Waals surface area contributed by atoms with Crippen LogP contribution >= 0.6 is 24.8 Å². The monoisotopic (exact) mass is 434 g/mol. The van der Waals surface area contributed by atoms with E-state index in [4.69, 9.17) is 0 Å². The molecule has 0 N–H and O–H groups in total. The summed E-state index contributed by atoms with van der Waals surface area (Å²) in [6.07, 6.45) is 8.27. The number of benzene rings is 2. The van der Waals surface area contributed by atoms with E-state index in [1.165, 1.54) is 75.0 Å². The normalized spacial score (nSPS) is 19.8. The SMILES string of the molecule is Cc1ccc(CC(c2ccccc2)N2CCN(C3CCCCC3)CC2)cc1.Cl.Cl. The van der Waals surface area contributed by atoms with Crippen molar-refractivity contribution in [1.82, 2.24) is 9.80 Å². The Bertz CT molecular complexity index is 691. The van der Waals surface area contributed by atoms with E-state index in [1.807, 2.05) is 0 Å². The van der Waals surface area contributed by atoms with Gasteiger partial charge in [0.15, 0.2) is 0 Å². The maximum absolute atomic E-state index is 2.78. The van der Waals surface area contributed by atoms with Gasteiger partial charge in [-0.3, -0.25) is 9.80 Å². The molecule has 1 saturated heterocycles. The number of hydrogen-bond donors (Lipinski definition) is 0. The molecular formula is C25H36Cl2N2. The third kappa shape index (κ3) is 6.46. The van der Waals surface area contributed by atoms with Crippen LogP contribution < -0.4 is 0 Å². The lowest BCUT2D eigenvalue weighted by atomic mass is 9.93. The lowest BCUT2D eigenvalue weighted by molar-refractivity contribution is 0.0559. The van der Waals surface area contributed by atoms with Gasteiger partial charge in [0.1, 0.15) is 0 Å². The third-order valence-corrected chi connectivity index (χ3v) is 6.61. The minimum absolute atomic E-state index is 0. The second-order valence-corrected chi connectivity index (χ2v) is 8.48. The Labute approximate surface area is 189 Å². The van der Waals surface area contributed by atoms with Gasteiger partial charge in [-0.2, -0.15) is 0 Å². The molecule has 1 atom stereocenters. The van der Waals surface area contributed by atoms with Crippen molar-refractivity contribution in [2.24, 2.45) is 0 Å². The Morgan fingerprint density at radius 3 is 2.03 bits per heavy atom. The standard InChI is InChI=1S/C25H34N2.2ClH/c1-21-12-14-22(15-13-21)20-25(23-8-4-2-5-9-23)27-18-16-26(17-19-27)24-10-6-3-7-11-24;;/h2,4-5,8-9,12-15,24-25H,3,6-7,10-11,16-20H2,1H3;2*1H. The minimum Gasteiger partial charge on any atom is -0.298 e. The number of nitrogens with zero attached hydrogens (tertiary/aromatic N) is 2. The fraction of sp³-hybridized carbons (Fsp3) is 0.520. The summed E-state index contributed by atoms with van der Waals surface area (Å²) in [5, 5.41) is 0. The van der Waals surface area contributed by atoms with E-state index >= 15 is 0 Å². The fourth-order valence-electron chi connectivity index (χ4n) is 4.94. The predicted octanol–water partition coefficient (Wildman–Crippen LogP) is 6.07. The van der Waals surface area contributed by atoms with Crippen LogP contribution in [0.5, 0.6) is 0 Å². The fourth-order valence-corrected chi connectivity index (χ4v) is 4.94. The summed E-state index contributed by atoms with van der Waals surface area (Å²) in [6, 6.07) is 21.6. The van der Waals surface area contributed by atoms with E-state index in [0.29, 0.717) is 6.04 Å². The molecule has 2 nitrogen and oxygen atoms in total. The lowest BCUT2D eigenvalue weighted by Crippen LogP contribution is -2.51. The average Bonchev–Trinajstić information content (AvgIpc) is 2.75. The molecule has 160 valence electrons. The largest absolute Gasteiger partial charge is 0.298 e. The number of halogens is 2. The van der Waals surface area contributed by atoms with Gasteiger partial charge in [-0.25, -0.2) is 0 Å².